The van der Waals surface area contributed by atoms with E-state index in [1.807, 2.05) is 0 Å². The number of amides is 1. The molecular weight excluding hydrogens is 408 g/mol. The molecule has 152 valence electrons. The van der Waals surface area contributed by atoms with E-state index in [0.29, 0.717) is 25.7 Å². The smallest absolute Gasteiger partial charge is 0.255 e. The third-order valence-corrected chi connectivity index (χ3v) is 6.31. The van der Waals surface area contributed by atoms with Crippen molar-refractivity contribution in [3.63, 3.8) is 0 Å². The van der Waals surface area contributed by atoms with Gasteiger partial charge in [-0.3, -0.25) is 4.79 Å². The number of sulfone groups is 1. The molecule has 2 aromatic carbocycles. The number of rotatable bonds is 5. The fourth-order valence-electron chi connectivity index (χ4n) is 2.90. The van der Waals surface area contributed by atoms with Crippen molar-refractivity contribution in [1.29, 1.82) is 0 Å². The molecule has 1 N–H and O–H groups in total. The van der Waals surface area contributed by atoms with Crippen LogP contribution >= 0.6 is 13.5 Å². The van der Waals surface area contributed by atoms with Gasteiger partial charge >= 0.3 is 0 Å². The predicted molar refractivity (Wildman–Crippen MR) is 107 cm³/mol. The summed E-state index contributed by atoms with van der Waals surface area (Å²) in [5.41, 5.74) is 0.0807. The summed E-state index contributed by atoms with van der Waals surface area (Å²) in [5.74, 6) is -2.42. The lowest BCUT2D eigenvalue weighted by atomic mass is 10.1. The maximum Gasteiger partial charge on any atom is 0.255 e. The Bertz CT molecular complexity index is 974. The van der Waals surface area contributed by atoms with Gasteiger partial charge in [-0.05, 0) is 49.1 Å². The predicted octanol–water partition coefficient (Wildman–Crippen LogP) is 3.45. The van der Waals surface area contributed by atoms with Gasteiger partial charge in [-0.2, -0.15) is 13.5 Å². The van der Waals surface area contributed by atoms with Crippen molar-refractivity contribution in [3.8, 4) is 0 Å². The van der Waals surface area contributed by atoms with Crippen molar-refractivity contribution in [2.45, 2.75) is 18.2 Å². The maximum absolute atomic E-state index is 13.8. The molecule has 0 spiro atoms. The molecular formula is C19H21F2NO4S2. The van der Waals surface area contributed by atoms with Gasteiger partial charge in [0.15, 0.2) is 9.84 Å². The summed E-state index contributed by atoms with van der Waals surface area (Å²) in [5, 5.41) is 2.35. The number of ether oxygens (including phenoxy) is 1. The van der Waals surface area contributed by atoms with E-state index in [2.05, 4.69) is 5.32 Å². The van der Waals surface area contributed by atoms with Crippen LogP contribution in [0.3, 0.4) is 0 Å². The monoisotopic (exact) mass is 429 g/mol. The molecule has 1 heterocycles. The molecule has 0 bridgehead atoms. The molecule has 1 aliphatic heterocycles. The lowest BCUT2D eigenvalue weighted by molar-refractivity contribution is 0.102. The van der Waals surface area contributed by atoms with Gasteiger partial charge in [0.25, 0.3) is 5.91 Å². The highest BCUT2D eigenvalue weighted by Gasteiger charge is 2.25. The number of benzene rings is 2. The lowest BCUT2D eigenvalue weighted by Gasteiger charge is -2.11. The van der Waals surface area contributed by atoms with E-state index < -0.39 is 27.4 Å². The Balaban J connectivity index is 0.00000280. The van der Waals surface area contributed by atoms with Crippen LogP contribution in [0.25, 0.3) is 0 Å². The molecule has 3 rings (SSSR count). The Morgan fingerprint density at radius 2 is 1.96 bits per heavy atom. The van der Waals surface area contributed by atoms with Crippen LogP contribution in [0.2, 0.25) is 0 Å². The fourth-order valence-corrected chi connectivity index (χ4v) is 4.57. The van der Waals surface area contributed by atoms with Gasteiger partial charge in [-0.15, -0.1) is 0 Å². The average Bonchev–Trinajstić information content (AvgIpc) is 3.12. The first-order valence-corrected chi connectivity index (χ1v) is 10.1. The minimum absolute atomic E-state index is 0. The molecule has 1 amide bonds. The number of hydrogen-bond acceptors (Lipinski definition) is 4. The van der Waals surface area contributed by atoms with Crippen LogP contribution in [0, 0.1) is 24.5 Å². The lowest BCUT2D eigenvalue weighted by Crippen LogP contribution is -2.18. The van der Waals surface area contributed by atoms with Gasteiger partial charge in [-0.25, -0.2) is 17.2 Å². The first-order chi connectivity index (χ1) is 12.8. The van der Waals surface area contributed by atoms with Gasteiger partial charge in [0, 0.05) is 18.2 Å². The van der Waals surface area contributed by atoms with Crippen molar-refractivity contribution in [1.82, 2.24) is 0 Å². The molecule has 0 unspecified atom stereocenters. The first-order valence-electron chi connectivity index (χ1n) is 8.44. The summed E-state index contributed by atoms with van der Waals surface area (Å²) in [6.07, 6.45) is 0.683. The molecule has 1 saturated heterocycles. The first kappa shape index (κ1) is 22.3. The number of hydrogen-bond donors (Lipinski definition) is 1. The van der Waals surface area contributed by atoms with E-state index in [9.17, 15) is 22.0 Å². The van der Waals surface area contributed by atoms with Crippen molar-refractivity contribution < 1.29 is 26.7 Å². The number of carbonyl (C=O) groups excluding carboxylic acids is 1. The Hall–Kier alpha value is -1.97. The van der Waals surface area contributed by atoms with Crippen LogP contribution in [0.1, 0.15) is 22.3 Å². The Labute approximate surface area is 169 Å². The molecule has 2 aromatic rings. The van der Waals surface area contributed by atoms with Crippen LogP contribution in [0.5, 0.6) is 0 Å². The summed E-state index contributed by atoms with van der Waals surface area (Å²) in [4.78, 5) is 12.4. The largest absolute Gasteiger partial charge is 0.381 e. The second kappa shape index (κ2) is 9.02. The molecule has 28 heavy (non-hydrogen) atoms. The number of halogens is 2. The highest BCUT2D eigenvalue weighted by atomic mass is 32.2. The van der Waals surface area contributed by atoms with E-state index in [1.165, 1.54) is 37.3 Å². The van der Waals surface area contributed by atoms with Gasteiger partial charge in [0.05, 0.1) is 22.9 Å². The van der Waals surface area contributed by atoms with Crippen LogP contribution in [-0.2, 0) is 14.6 Å². The molecule has 5 nitrogen and oxygen atoms in total. The Kier molecular flexibility index (Phi) is 7.19. The summed E-state index contributed by atoms with van der Waals surface area (Å²) in [6.45, 7) is 2.40. The van der Waals surface area contributed by atoms with Crippen LogP contribution in [0.4, 0.5) is 14.5 Å². The third-order valence-electron chi connectivity index (χ3n) is 4.43. The van der Waals surface area contributed by atoms with Gasteiger partial charge < -0.3 is 10.1 Å². The highest BCUT2D eigenvalue weighted by Crippen LogP contribution is 2.23. The third kappa shape index (κ3) is 5.09. The topological polar surface area (TPSA) is 72.5 Å². The van der Waals surface area contributed by atoms with Gasteiger partial charge in [0.1, 0.15) is 11.6 Å². The summed E-state index contributed by atoms with van der Waals surface area (Å²) >= 11 is 0. The minimum atomic E-state index is -3.58. The van der Waals surface area contributed by atoms with E-state index in [-0.39, 0.29) is 46.9 Å². The zero-order chi connectivity index (χ0) is 19.6. The number of nitrogens with one attached hydrogen (secondary N) is 1. The van der Waals surface area contributed by atoms with E-state index in [0.717, 1.165) is 0 Å². The van der Waals surface area contributed by atoms with Crippen LogP contribution in [0.15, 0.2) is 41.3 Å². The normalized spacial score (nSPS) is 16.5. The van der Waals surface area contributed by atoms with E-state index in [1.54, 1.807) is 0 Å². The molecule has 1 fully saturated rings. The second-order valence-corrected chi connectivity index (χ2v) is 8.61. The van der Waals surface area contributed by atoms with Gasteiger partial charge in [-0.1, -0.05) is 6.07 Å². The van der Waals surface area contributed by atoms with Crippen molar-refractivity contribution >= 4 is 34.9 Å². The molecule has 9 heteroatoms. The second-order valence-electron chi connectivity index (χ2n) is 6.57. The number of aryl methyl sites for hydroxylation is 1. The van der Waals surface area contributed by atoms with Crippen molar-refractivity contribution in [2.24, 2.45) is 5.92 Å². The van der Waals surface area contributed by atoms with E-state index >= 15 is 0 Å². The summed E-state index contributed by atoms with van der Waals surface area (Å²) in [7, 11) is -3.58. The number of carbonyl (C=O) groups is 1. The Morgan fingerprint density at radius 3 is 2.64 bits per heavy atom. The average molecular weight is 430 g/mol. The fraction of sp³-hybridized carbons (Fsp3) is 0.316. The maximum atomic E-state index is 13.8. The zero-order valence-electron chi connectivity index (χ0n) is 15.2. The van der Waals surface area contributed by atoms with Crippen LogP contribution in [-0.4, -0.2) is 33.3 Å². The highest BCUT2D eigenvalue weighted by molar-refractivity contribution is 7.91. The molecule has 1 atom stereocenters. The standard InChI is InChI=1S/C19H19F2NO4S.H2S/c1-12-7-18(17(21)9-16(12)20)22-19(23)14-3-2-4-15(8-14)27(24,25)11-13-5-6-26-10-13;/h2-4,7-9,13H,5-6,10-11H2,1H3,(H,22,23);1H2/t13-;/m0./s1. The molecule has 0 saturated carbocycles. The summed E-state index contributed by atoms with van der Waals surface area (Å²) in [6, 6.07) is 7.44. The molecule has 0 aromatic heterocycles. The van der Waals surface area contributed by atoms with E-state index in [4.69, 9.17) is 4.74 Å². The minimum Gasteiger partial charge on any atom is -0.381 e. The van der Waals surface area contributed by atoms with Crippen molar-refractivity contribution in [3.05, 3.63) is 59.2 Å². The molecule has 1 aliphatic rings. The Morgan fingerprint density at radius 1 is 1.21 bits per heavy atom. The number of anilines is 1. The van der Waals surface area contributed by atoms with Crippen molar-refractivity contribution in [2.75, 3.05) is 24.3 Å². The van der Waals surface area contributed by atoms with Crippen LogP contribution < -0.4 is 5.32 Å². The molecule has 0 radical (unpaired) electrons. The zero-order valence-corrected chi connectivity index (χ0v) is 17.0. The van der Waals surface area contributed by atoms with Gasteiger partial charge in [0.2, 0.25) is 0 Å². The SMILES string of the molecule is Cc1cc(NC(=O)c2cccc(S(=O)(=O)C[C@H]3CCOC3)c2)c(F)cc1F.S. The quantitative estimate of drug-likeness (QED) is 0.790. The summed E-state index contributed by atoms with van der Waals surface area (Å²) < 4.78 is 57.5. The molecule has 0 aliphatic carbocycles.